The standard InChI is InChI=1S/C8H14O4/c1-7(2)8(3,4)12-6(10)5(9)11-7/h5,9H,1-4H3. The van der Waals surface area contributed by atoms with Crippen LogP contribution in [0, 0.1) is 0 Å². The van der Waals surface area contributed by atoms with Crippen molar-refractivity contribution in [2.75, 3.05) is 0 Å². The Labute approximate surface area is 71.5 Å². The van der Waals surface area contributed by atoms with Crippen LogP contribution in [-0.2, 0) is 14.3 Å². The minimum Gasteiger partial charge on any atom is -0.453 e. The molecule has 1 fully saturated rings. The second kappa shape index (κ2) is 2.44. The Balaban J connectivity index is 2.88. The minimum absolute atomic E-state index is 0.666. The lowest BCUT2D eigenvalue weighted by Crippen LogP contribution is -2.59. The lowest BCUT2D eigenvalue weighted by Gasteiger charge is -2.45. The van der Waals surface area contributed by atoms with Crippen LogP contribution >= 0.6 is 0 Å². The van der Waals surface area contributed by atoms with Crippen molar-refractivity contribution in [3.8, 4) is 0 Å². The summed E-state index contributed by atoms with van der Waals surface area (Å²) < 4.78 is 10.1. The fourth-order valence-corrected chi connectivity index (χ4v) is 0.894. The van der Waals surface area contributed by atoms with Gasteiger partial charge in [0, 0.05) is 0 Å². The largest absolute Gasteiger partial charge is 0.453 e. The van der Waals surface area contributed by atoms with E-state index in [1.54, 1.807) is 27.7 Å². The van der Waals surface area contributed by atoms with Crippen LogP contribution in [0.4, 0.5) is 0 Å². The molecular weight excluding hydrogens is 160 g/mol. The quantitative estimate of drug-likeness (QED) is 0.541. The Morgan fingerprint density at radius 2 is 1.75 bits per heavy atom. The average Bonchev–Trinajstić information content (AvgIpc) is 1.82. The first-order chi connectivity index (χ1) is 5.26. The van der Waals surface area contributed by atoms with Crippen molar-refractivity contribution >= 4 is 5.97 Å². The minimum atomic E-state index is -1.45. The summed E-state index contributed by atoms with van der Waals surface area (Å²) in [5.41, 5.74) is -1.37. The molecule has 0 saturated carbocycles. The molecule has 1 rings (SSSR count). The van der Waals surface area contributed by atoms with Crippen molar-refractivity contribution in [3.63, 3.8) is 0 Å². The highest BCUT2D eigenvalue weighted by atomic mass is 16.7. The van der Waals surface area contributed by atoms with Gasteiger partial charge < -0.3 is 14.6 Å². The van der Waals surface area contributed by atoms with Crippen LogP contribution in [-0.4, -0.2) is 28.6 Å². The SMILES string of the molecule is CC1(C)OC(=O)C(O)OC1(C)C. The van der Waals surface area contributed by atoms with Gasteiger partial charge in [0.1, 0.15) is 11.2 Å². The zero-order chi connectivity index (χ0) is 9.57. The Bertz CT molecular complexity index is 207. The molecule has 1 N–H and O–H groups in total. The number of aliphatic hydroxyl groups excluding tert-OH is 1. The molecule has 1 heterocycles. The van der Waals surface area contributed by atoms with E-state index < -0.39 is 23.5 Å². The lowest BCUT2D eigenvalue weighted by atomic mass is 9.88. The van der Waals surface area contributed by atoms with E-state index in [4.69, 9.17) is 14.6 Å². The summed E-state index contributed by atoms with van der Waals surface area (Å²) in [6.07, 6.45) is -1.45. The smallest absolute Gasteiger partial charge is 0.363 e. The van der Waals surface area contributed by atoms with E-state index in [2.05, 4.69) is 0 Å². The Hall–Kier alpha value is -0.610. The van der Waals surface area contributed by atoms with E-state index in [1.807, 2.05) is 0 Å². The number of carbonyl (C=O) groups is 1. The molecule has 0 amide bonds. The molecule has 0 aromatic carbocycles. The third-order valence-corrected chi connectivity index (χ3v) is 2.41. The molecule has 4 heteroatoms. The second-order valence-electron chi connectivity index (χ2n) is 3.91. The van der Waals surface area contributed by atoms with E-state index in [9.17, 15) is 4.79 Å². The van der Waals surface area contributed by atoms with E-state index >= 15 is 0 Å². The van der Waals surface area contributed by atoms with Crippen LogP contribution in [0.2, 0.25) is 0 Å². The highest BCUT2D eigenvalue weighted by Crippen LogP contribution is 2.34. The summed E-state index contributed by atoms with van der Waals surface area (Å²) in [5, 5.41) is 9.05. The molecule has 1 unspecified atom stereocenters. The molecule has 0 aliphatic carbocycles. The van der Waals surface area contributed by atoms with Crippen molar-refractivity contribution in [1.82, 2.24) is 0 Å². The number of hydrogen-bond donors (Lipinski definition) is 1. The highest BCUT2D eigenvalue weighted by molar-refractivity contribution is 5.74. The van der Waals surface area contributed by atoms with Gasteiger partial charge in [-0.2, -0.15) is 0 Å². The summed E-state index contributed by atoms with van der Waals surface area (Å²) in [6.45, 7) is 7.03. The predicted octanol–water partition coefficient (Wildman–Crippen LogP) is 0.435. The van der Waals surface area contributed by atoms with Gasteiger partial charge in [-0.05, 0) is 27.7 Å². The Kier molecular flexibility index (Phi) is 1.92. The Morgan fingerprint density at radius 1 is 1.25 bits per heavy atom. The number of esters is 1. The van der Waals surface area contributed by atoms with Crippen molar-refractivity contribution in [2.45, 2.75) is 45.2 Å². The molecule has 4 nitrogen and oxygen atoms in total. The fourth-order valence-electron chi connectivity index (χ4n) is 0.894. The van der Waals surface area contributed by atoms with Crippen LogP contribution in [0.15, 0.2) is 0 Å². The molecule has 1 aliphatic heterocycles. The summed E-state index contributed by atoms with van der Waals surface area (Å²) in [5.74, 6) is -0.723. The third-order valence-electron chi connectivity index (χ3n) is 2.41. The van der Waals surface area contributed by atoms with Crippen LogP contribution in [0.1, 0.15) is 27.7 Å². The summed E-state index contributed by atoms with van der Waals surface area (Å²) >= 11 is 0. The van der Waals surface area contributed by atoms with E-state index in [0.29, 0.717) is 0 Å². The summed E-state index contributed by atoms with van der Waals surface area (Å²) in [4.78, 5) is 10.9. The van der Waals surface area contributed by atoms with Gasteiger partial charge in [-0.1, -0.05) is 0 Å². The first-order valence-corrected chi connectivity index (χ1v) is 3.85. The van der Waals surface area contributed by atoms with Gasteiger partial charge in [0.15, 0.2) is 0 Å². The average molecular weight is 174 g/mol. The van der Waals surface area contributed by atoms with E-state index in [1.165, 1.54) is 0 Å². The number of rotatable bonds is 0. The zero-order valence-electron chi connectivity index (χ0n) is 7.75. The molecule has 0 spiro atoms. The molecular formula is C8H14O4. The molecule has 1 aliphatic rings. The molecule has 12 heavy (non-hydrogen) atoms. The van der Waals surface area contributed by atoms with Crippen LogP contribution in [0.25, 0.3) is 0 Å². The molecule has 0 aromatic rings. The number of ether oxygens (including phenoxy) is 2. The van der Waals surface area contributed by atoms with Gasteiger partial charge in [-0.15, -0.1) is 0 Å². The molecule has 0 radical (unpaired) electrons. The van der Waals surface area contributed by atoms with Crippen molar-refractivity contribution < 1.29 is 19.4 Å². The van der Waals surface area contributed by atoms with Crippen LogP contribution < -0.4 is 0 Å². The van der Waals surface area contributed by atoms with Gasteiger partial charge in [0.25, 0.3) is 6.29 Å². The van der Waals surface area contributed by atoms with Gasteiger partial charge in [-0.3, -0.25) is 0 Å². The monoisotopic (exact) mass is 174 g/mol. The molecule has 1 atom stereocenters. The lowest BCUT2D eigenvalue weighted by molar-refractivity contribution is -0.286. The fraction of sp³-hybridized carbons (Fsp3) is 0.875. The van der Waals surface area contributed by atoms with Gasteiger partial charge in [-0.25, -0.2) is 4.79 Å². The predicted molar refractivity (Wildman–Crippen MR) is 41.3 cm³/mol. The van der Waals surface area contributed by atoms with Gasteiger partial charge in [0.05, 0.1) is 0 Å². The van der Waals surface area contributed by atoms with Crippen molar-refractivity contribution in [1.29, 1.82) is 0 Å². The maximum Gasteiger partial charge on any atom is 0.363 e. The number of aliphatic hydroxyl groups is 1. The first kappa shape index (κ1) is 9.48. The van der Waals surface area contributed by atoms with Gasteiger partial charge in [0.2, 0.25) is 0 Å². The van der Waals surface area contributed by atoms with Crippen molar-refractivity contribution in [3.05, 3.63) is 0 Å². The molecule has 1 saturated heterocycles. The summed E-state index contributed by atoms with van der Waals surface area (Å²) in [7, 11) is 0. The summed E-state index contributed by atoms with van der Waals surface area (Å²) in [6, 6.07) is 0. The van der Waals surface area contributed by atoms with Crippen LogP contribution in [0.5, 0.6) is 0 Å². The number of carbonyl (C=O) groups excluding carboxylic acids is 1. The zero-order valence-corrected chi connectivity index (χ0v) is 7.75. The van der Waals surface area contributed by atoms with Crippen LogP contribution in [0.3, 0.4) is 0 Å². The number of cyclic esters (lactones) is 1. The normalized spacial score (nSPS) is 32.8. The Morgan fingerprint density at radius 3 is 2.17 bits per heavy atom. The molecule has 0 bridgehead atoms. The van der Waals surface area contributed by atoms with E-state index in [-0.39, 0.29) is 0 Å². The molecule has 0 aromatic heterocycles. The molecule has 70 valence electrons. The highest BCUT2D eigenvalue weighted by Gasteiger charge is 2.49. The van der Waals surface area contributed by atoms with Crippen molar-refractivity contribution in [2.24, 2.45) is 0 Å². The topological polar surface area (TPSA) is 55.8 Å². The maximum atomic E-state index is 10.9. The second-order valence-corrected chi connectivity index (χ2v) is 3.91. The number of hydrogen-bond acceptors (Lipinski definition) is 4. The van der Waals surface area contributed by atoms with Gasteiger partial charge >= 0.3 is 5.97 Å². The van der Waals surface area contributed by atoms with E-state index in [0.717, 1.165) is 0 Å². The first-order valence-electron chi connectivity index (χ1n) is 3.85. The maximum absolute atomic E-state index is 10.9. The third kappa shape index (κ3) is 1.32.